The molecule has 2 amide bonds. The lowest BCUT2D eigenvalue weighted by Crippen LogP contribution is -2.42. The number of rotatable bonds is 5. The number of hydrogen-bond acceptors (Lipinski definition) is 6. The number of sulfonamides is 1. The number of esters is 1. The van der Waals surface area contributed by atoms with E-state index >= 15 is 0 Å². The van der Waals surface area contributed by atoms with Crippen molar-refractivity contribution < 1.29 is 27.5 Å². The van der Waals surface area contributed by atoms with Crippen molar-refractivity contribution >= 4 is 39.4 Å². The molecule has 0 aliphatic carbocycles. The topological polar surface area (TPSA) is 122 Å². The second-order valence-electron chi connectivity index (χ2n) is 4.73. The van der Waals surface area contributed by atoms with Gasteiger partial charge in [-0.1, -0.05) is 11.6 Å². The molecule has 132 valence electrons. The van der Waals surface area contributed by atoms with Crippen LogP contribution in [0.25, 0.3) is 0 Å². The second-order valence-corrected chi connectivity index (χ2v) is 7.29. The molecule has 0 bridgehead atoms. The standard InChI is InChI=1S/C13H16ClN3O6S/c1-8(18)15-16-12(19)7-23-13(20)10-6-9(4-5-11(10)14)24(21,22)17(2)3/h4-6H,7H2,1-3H3,(H,15,18)(H,16,19). The molecule has 1 aromatic carbocycles. The first-order valence-corrected chi connectivity index (χ1v) is 8.32. The van der Waals surface area contributed by atoms with Gasteiger partial charge < -0.3 is 4.74 Å². The smallest absolute Gasteiger partial charge is 0.340 e. The van der Waals surface area contributed by atoms with Crippen molar-refractivity contribution in [2.75, 3.05) is 20.7 Å². The van der Waals surface area contributed by atoms with Crippen LogP contribution < -0.4 is 10.9 Å². The Morgan fingerprint density at radius 1 is 1.21 bits per heavy atom. The van der Waals surface area contributed by atoms with Gasteiger partial charge in [0.25, 0.3) is 5.91 Å². The molecule has 1 aromatic rings. The Balaban J connectivity index is 2.88. The van der Waals surface area contributed by atoms with Crippen molar-refractivity contribution in [3.63, 3.8) is 0 Å². The molecule has 0 radical (unpaired) electrons. The Morgan fingerprint density at radius 3 is 2.38 bits per heavy atom. The van der Waals surface area contributed by atoms with Crippen molar-refractivity contribution in [1.82, 2.24) is 15.2 Å². The lowest BCUT2D eigenvalue weighted by atomic mass is 10.2. The number of carbonyl (C=O) groups excluding carboxylic acids is 3. The van der Waals surface area contributed by atoms with E-state index in [1.807, 2.05) is 10.9 Å². The Morgan fingerprint density at radius 2 is 1.83 bits per heavy atom. The Bertz CT molecular complexity index is 763. The van der Waals surface area contributed by atoms with E-state index in [9.17, 15) is 22.8 Å². The maximum absolute atomic E-state index is 12.1. The highest BCUT2D eigenvalue weighted by molar-refractivity contribution is 7.89. The molecule has 2 N–H and O–H groups in total. The lowest BCUT2D eigenvalue weighted by molar-refractivity contribution is -0.129. The highest BCUT2D eigenvalue weighted by atomic mass is 35.5. The van der Waals surface area contributed by atoms with Crippen LogP contribution in [0.1, 0.15) is 17.3 Å². The summed E-state index contributed by atoms with van der Waals surface area (Å²) in [6, 6.07) is 3.55. The third-order valence-electron chi connectivity index (χ3n) is 2.65. The molecule has 0 aromatic heterocycles. The monoisotopic (exact) mass is 377 g/mol. The summed E-state index contributed by atoms with van der Waals surface area (Å²) in [6.45, 7) is 0.503. The summed E-state index contributed by atoms with van der Waals surface area (Å²) in [4.78, 5) is 33.8. The predicted octanol–water partition coefficient (Wildman–Crippen LogP) is -0.0856. The zero-order valence-electron chi connectivity index (χ0n) is 13.1. The minimum absolute atomic E-state index is 0.0278. The first-order valence-electron chi connectivity index (χ1n) is 6.50. The Kier molecular flexibility index (Phi) is 6.70. The van der Waals surface area contributed by atoms with E-state index in [1.165, 1.54) is 33.2 Å². The first-order chi connectivity index (χ1) is 11.1. The molecule has 0 fully saturated rings. The largest absolute Gasteiger partial charge is 0.452 e. The summed E-state index contributed by atoms with van der Waals surface area (Å²) in [6.07, 6.45) is 0. The predicted molar refractivity (Wildman–Crippen MR) is 84.6 cm³/mol. The molecule has 0 heterocycles. The number of halogens is 1. The summed E-state index contributed by atoms with van der Waals surface area (Å²) in [7, 11) is -1.08. The van der Waals surface area contributed by atoms with Gasteiger partial charge in [0.2, 0.25) is 15.9 Å². The van der Waals surface area contributed by atoms with Gasteiger partial charge in [-0.2, -0.15) is 0 Å². The lowest BCUT2D eigenvalue weighted by Gasteiger charge is -2.13. The fourth-order valence-corrected chi connectivity index (χ4v) is 2.56. The van der Waals surface area contributed by atoms with Gasteiger partial charge >= 0.3 is 5.97 Å². The zero-order chi connectivity index (χ0) is 18.5. The van der Waals surface area contributed by atoms with Crippen molar-refractivity contribution in [3.05, 3.63) is 28.8 Å². The van der Waals surface area contributed by atoms with Gasteiger partial charge in [-0.25, -0.2) is 17.5 Å². The van der Waals surface area contributed by atoms with Gasteiger partial charge in [-0.05, 0) is 18.2 Å². The molecule has 0 saturated carbocycles. The maximum atomic E-state index is 12.1. The van der Waals surface area contributed by atoms with Crippen LogP contribution in [-0.4, -0.2) is 51.2 Å². The van der Waals surface area contributed by atoms with Crippen molar-refractivity contribution in [1.29, 1.82) is 0 Å². The number of ether oxygens (including phenoxy) is 1. The van der Waals surface area contributed by atoms with Gasteiger partial charge in [0.05, 0.1) is 15.5 Å². The van der Waals surface area contributed by atoms with Crippen LogP contribution in [0, 0.1) is 0 Å². The third kappa shape index (κ3) is 5.18. The summed E-state index contributed by atoms with van der Waals surface area (Å²) >= 11 is 5.87. The van der Waals surface area contributed by atoms with E-state index in [1.54, 1.807) is 0 Å². The molecule has 0 atom stereocenters. The summed E-state index contributed by atoms with van der Waals surface area (Å²) in [5.74, 6) is -2.25. The maximum Gasteiger partial charge on any atom is 0.340 e. The van der Waals surface area contributed by atoms with Crippen molar-refractivity contribution in [2.24, 2.45) is 0 Å². The number of nitrogens with one attached hydrogen (secondary N) is 2. The van der Waals surface area contributed by atoms with Crippen LogP contribution in [0.15, 0.2) is 23.1 Å². The fraction of sp³-hybridized carbons (Fsp3) is 0.308. The molecule has 24 heavy (non-hydrogen) atoms. The molecule has 0 saturated heterocycles. The summed E-state index contributed by atoms with van der Waals surface area (Å²) in [5.41, 5.74) is 3.82. The molecule has 0 aliphatic rings. The van der Waals surface area contributed by atoms with Crippen LogP contribution in [0.4, 0.5) is 0 Å². The van der Waals surface area contributed by atoms with Gasteiger partial charge in [0.15, 0.2) is 6.61 Å². The van der Waals surface area contributed by atoms with Crippen LogP contribution in [0.3, 0.4) is 0 Å². The highest BCUT2D eigenvalue weighted by Crippen LogP contribution is 2.22. The van der Waals surface area contributed by atoms with E-state index in [0.717, 1.165) is 10.4 Å². The first kappa shape index (κ1) is 19.9. The van der Waals surface area contributed by atoms with Crippen molar-refractivity contribution in [3.8, 4) is 0 Å². The average Bonchev–Trinajstić information content (AvgIpc) is 2.50. The van der Waals surface area contributed by atoms with Crippen LogP contribution >= 0.6 is 11.6 Å². The van der Waals surface area contributed by atoms with Crippen molar-refractivity contribution in [2.45, 2.75) is 11.8 Å². The number of hydrogen-bond donors (Lipinski definition) is 2. The highest BCUT2D eigenvalue weighted by Gasteiger charge is 2.21. The van der Waals surface area contributed by atoms with Gasteiger partial charge in [-0.3, -0.25) is 20.4 Å². The Hall–Kier alpha value is -2.17. The van der Waals surface area contributed by atoms with E-state index in [2.05, 4.69) is 0 Å². The molecular weight excluding hydrogens is 362 g/mol. The zero-order valence-corrected chi connectivity index (χ0v) is 14.7. The average molecular weight is 378 g/mol. The number of nitrogens with zero attached hydrogens (tertiary/aromatic N) is 1. The number of amides is 2. The minimum Gasteiger partial charge on any atom is -0.452 e. The normalized spacial score (nSPS) is 11.0. The third-order valence-corrected chi connectivity index (χ3v) is 4.79. The fourth-order valence-electron chi connectivity index (χ4n) is 1.43. The summed E-state index contributed by atoms with van der Waals surface area (Å²) in [5, 5.41) is -0.0278. The quantitative estimate of drug-likeness (QED) is 0.546. The van der Waals surface area contributed by atoms with Crippen LogP contribution in [0.5, 0.6) is 0 Å². The van der Waals surface area contributed by atoms with Crippen LogP contribution in [-0.2, 0) is 24.3 Å². The van der Waals surface area contributed by atoms with Crippen LogP contribution in [0.2, 0.25) is 5.02 Å². The molecule has 0 spiro atoms. The van der Waals surface area contributed by atoms with Gasteiger partial charge in [-0.15, -0.1) is 0 Å². The van der Waals surface area contributed by atoms with E-state index in [0.29, 0.717) is 0 Å². The molecule has 9 nitrogen and oxygen atoms in total. The Labute approximate surface area is 143 Å². The molecular formula is C13H16ClN3O6S. The SMILES string of the molecule is CC(=O)NNC(=O)COC(=O)c1cc(S(=O)(=O)N(C)C)ccc1Cl. The van der Waals surface area contributed by atoms with Gasteiger partial charge in [0, 0.05) is 21.0 Å². The molecule has 11 heteroatoms. The van der Waals surface area contributed by atoms with E-state index < -0.39 is 34.4 Å². The number of benzene rings is 1. The summed E-state index contributed by atoms with van der Waals surface area (Å²) < 4.78 is 29.8. The number of carbonyl (C=O) groups is 3. The van der Waals surface area contributed by atoms with Gasteiger partial charge in [0.1, 0.15) is 0 Å². The molecule has 0 unspecified atom stereocenters. The minimum atomic E-state index is -3.76. The van der Waals surface area contributed by atoms with E-state index in [4.69, 9.17) is 16.3 Å². The molecule has 1 rings (SSSR count). The molecule has 0 aliphatic heterocycles. The number of hydrazine groups is 1. The van der Waals surface area contributed by atoms with E-state index in [-0.39, 0.29) is 15.5 Å². The second kappa shape index (κ2) is 8.08.